The number of fused-ring (bicyclic) bond motifs is 3. The van der Waals surface area contributed by atoms with Gasteiger partial charge in [-0.25, -0.2) is 0 Å². The van der Waals surface area contributed by atoms with E-state index in [0.717, 1.165) is 18.7 Å². The Balaban J connectivity index is 1.86. The van der Waals surface area contributed by atoms with Gasteiger partial charge in [-0.2, -0.15) is 5.10 Å². The van der Waals surface area contributed by atoms with Crippen molar-refractivity contribution in [2.75, 3.05) is 19.7 Å². The summed E-state index contributed by atoms with van der Waals surface area (Å²) in [4.78, 5) is 1.57. The van der Waals surface area contributed by atoms with Crippen molar-refractivity contribution in [1.82, 2.24) is 9.78 Å². The maximum absolute atomic E-state index is 6.06. The van der Waals surface area contributed by atoms with Gasteiger partial charge in [0.15, 0.2) is 0 Å². The summed E-state index contributed by atoms with van der Waals surface area (Å²) < 4.78 is 8.21. The van der Waals surface area contributed by atoms with Gasteiger partial charge in [-0.05, 0) is 6.07 Å². The van der Waals surface area contributed by atoms with Gasteiger partial charge < -0.3 is 9.64 Å². The first-order valence-electron chi connectivity index (χ1n) is 6.85. The number of aromatic nitrogens is 2. The van der Waals surface area contributed by atoms with Gasteiger partial charge in [0.25, 0.3) is 0 Å². The van der Waals surface area contributed by atoms with E-state index in [1.54, 1.807) is 4.90 Å². The average Bonchev–Trinajstić information content (AvgIpc) is 3.05. The summed E-state index contributed by atoms with van der Waals surface area (Å²) >= 11 is 0. The minimum absolute atomic E-state index is 0.189. The largest absolute Gasteiger partial charge is 0.322 e. The molecule has 94 valence electrons. The van der Waals surface area contributed by atoms with E-state index in [1.165, 1.54) is 37.0 Å². The Labute approximate surface area is 106 Å². The van der Waals surface area contributed by atoms with Gasteiger partial charge in [-0.3, -0.25) is 4.68 Å². The minimum Gasteiger partial charge on any atom is -0.322 e. The van der Waals surface area contributed by atoms with E-state index < -0.39 is 0 Å². The fraction of sp³-hybridized carbons (Fsp3) is 0.500. The van der Waals surface area contributed by atoms with Crippen LogP contribution in [0.25, 0.3) is 10.9 Å². The van der Waals surface area contributed by atoms with Crippen LogP contribution >= 0.6 is 0 Å². The Bertz CT molecular complexity index is 571. The molecule has 0 spiro atoms. The Morgan fingerprint density at radius 3 is 2.94 bits per heavy atom. The molecule has 1 fully saturated rings. The highest BCUT2D eigenvalue weighted by Crippen LogP contribution is 2.26. The van der Waals surface area contributed by atoms with Crippen LogP contribution in [0.4, 0.5) is 0 Å². The fourth-order valence-corrected chi connectivity index (χ4v) is 3.29. The van der Waals surface area contributed by atoms with E-state index >= 15 is 0 Å². The molecule has 1 aromatic carbocycles. The summed E-state index contributed by atoms with van der Waals surface area (Å²) in [6.07, 6.45) is 2.83. The molecule has 4 nitrogen and oxygen atoms in total. The molecule has 4 rings (SSSR count). The number of hydrogen-bond donors (Lipinski definition) is 1. The minimum atomic E-state index is 0.189. The summed E-state index contributed by atoms with van der Waals surface area (Å²) in [6, 6.07) is 8.41. The lowest BCUT2D eigenvalue weighted by molar-refractivity contribution is -0.945. The van der Waals surface area contributed by atoms with Gasteiger partial charge >= 0.3 is 0 Å². The third-order valence-electron chi connectivity index (χ3n) is 4.14. The summed E-state index contributed by atoms with van der Waals surface area (Å²) in [5.74, 6) is 0. The van der Waals surface area contributed by atoms with Crippen LogP contribution in [0.3, 0.4) is 0 Å². The third-order valence-corrected chi connectivity index (χ3v) is 4.14. The van der Waals surface area contributed by atoms with Crippen molar-refractivity contribution in [2.45, 2.75) is 25.6 Å². The van der Waals surface area contributed by atoms with E-state index in [-0.39, 0.29) is 6.23 Å². The average molecular weight is 244 g/mol. The number of nitrogens with zero attached hydrogens (tertiary/aromatic N) is 2. The van der Waals surface area contributed by atoms with Crippen molar-refractivity contribution in [3.63, 3.8) is 0 Å². The first-order valence-corrected chi connectivity index (χ1v) is 6.85. The first kappa shape index (κ1) is 10.5. The zero-order valence-electron chi connectivity index (χ0n) is 10.4. The second-order valence-electron chi connectivity index (χ2n) is 5.24. The lowest BCUT2D eigenvalue weighted by Crippen LogP contribution is -3.10. The van der Waals surface area contributed by atoms with Crippen LogP contribution in [-0.2, 0) is 11.3 Å². The van der Waals surface area contributed by atoms with E-state index in [2.05, 4.69) is 28.9 Å². The Morgan fingerprint density at radius 2 is 2.06 bits per heavy atom. The third kappa shape index (κ3) is 1.49. The SMILES string of the molecule is c1ccc2c3n(nc2c1)CCOC3[NH+]1CCCC1. The Morgan fingerprint density at radius 1 is 1.22 bits per heavy atom. The molecule has 2 aliphatic rings. The molecule has 4 heteroatoms. The van der Waals surface area contributed by atoms with Gasteiger partial charge in [0.1, 0.15) is 5.69 Å². The summed E-state index contributed by atoms with van der Waals surface area (Å²) in [7, 11) is 0. The number of benzene rings is 1. The molecular weight excluding hydrogens is 226 g/mol. The number of likely N-dealkylation sites (tertiary alicyclic amines) is 1. The van der Waals surface area contributed by atoms with Gasteiger partial charge in [0.2, 0.25) is 6.23 Å². The molecule has 1 atom stereocenters. The predicted molar refractivity (Wildman–Crippen MR) is 68.4 cm³/mol. The van der Waals surface area contributed by atoms with Crippen LogP contribution in [-0.4, -0.2) is 29.5 Å². The topological polar surface area (TPSA) is 31.5 Å². The van der Waals surface area contributed by atoms with E-state index in [4.69, 9.17) is 9.84 Å². The molecule has 0 saturated carbocycles. The molecule has 18 heavy (non-hydrogen) atoms. The van der Waals surface area contributed by atoms with E-state index in [1.807, 2.05) is 0 Å². The lowest BCUT2D eigenvalue weighted by Gasteiger charge is -2.28. The van der Waals surface area contributed by atoms with Crippen molar-refractivity contribution in [3.8, 4) is 0 Å². The molecule has 0 aliphatic carbocycles. The van der Waals surface area contributed by atoms with Gasteiger partial charge in [-0.15, -0.1) is 0 Å². The summed E-state index contributed by atoms with van der Waals surface area (Å²) in [5, 5.41) is 5.96. The highest BCUT2D eigenvalue weighted by molar-refractivity contribution is 5.81. The van der Waals surface area contributed by atoms with Gasteiger partial charge in [-0.1, -0.05) is 18.2 Å². The van der Waals surface area contributed by atoms with Gasteiger partial charge in [0, 0.05) is 18.2 Å². The molecule has 0 bridgehead atoms. The summed E-state index contributed by atoms with van der Waals surface area (Å²) in [6.45, 7) is 4.12. The molecule has 1 unspecified atom stereocenters. The highest BCUT2D eigenvalue weighted by atomic mass is 16.5. The quantitative estimate of drug-likeness (QED) is 0.802. The smallest absolute Gasteiger partial charge is 0.236 e. The number of ether oxygens (including phenoxy) is 1. The normalized spacial score (nSPS) is 24.6. The standard InChI is InChI=1S/C14H17N3O/c1-2-6-12-11(5-1)13-14(16-7-3-4-8-16)18-10-9-17(13)15-12/h1-2,5-6,14H,3-4,7-10H2/p+1. The molecule has 1 N–H and O–H groups in total. The van der Waals surface area contributed by atoms with Crippen molar-refractivity contribution < 1.29 is 9.64 Å². The molecule has 0 amide bonds. The van der Waals surface area contributed by atoms with Crippen LogP contribution in [0.15, 0.2) is 24.3 Å². The van der Waals surface area contributed by atoms with Crippen molar-refractivity contribution in [2.24, 2.45) is 0 Å². The maximum atomic E-state index is 6.06. The number of nitrogens with one attached hydrogen (secondary N) is 1. The predicted octanol–water partition coefficient (Wildman–Crippen LogP) is 0.744. The molecule has 1 saturated heterocycles. The fourth-order valence-electron chi connectivity index (χ4n) is 3.29. The molecule has 2 aliphatic heterocycles. The Kier molecular flexibility index (Phi) is 2.38. The summed E-state index contributed by atoms with van der Waals surface area (Å²) in [5.41, 5.74) is 2.38. The van der Waals surface area contributed by atoms with Crippen LogP contribution in [0.5, 0.6) is 0 Å². The van der Waals surface area contributed by atoms with Crippen LogP contribution in [0, 0.1) is 0 Å². The molecular formula is C14H18N3O+. The highest BCUT2D eigenvalue weighted by Gasteiger charge is 2.35. The van der Waals surface area contributed by atoms with Crippen LogP contribution in [0.2, 0.25) is 0 Å². The zero-order chi connectivity index (χ0) is 11.9. The Hall–Kier alpha value is -1.39. The molecule has 3 heterocycles. The monoisotopic (exact) mass is 244 g/mol. The molecule has 2 aromatic rings. The number of quaternary nitrogens is 1. The van der Waals surface area contributed by atoms with Crippen molar-refractivity contribution in [3.05, 3.63) is 30.0 Å². The number of hydrogen-bond acceptors (Lipinski definition) is 2. The van der Waals surface area contributed by atoms with Gasteiger partial charge in [0.05, 0.1) is 31.8 Å². The first-order chi connectivity index (χ1) is 8.93. The van der Waals surface area contributed by atoms with E-state index in [0.29, 0.717) is 0 Å². The zero-order valence-corrected chi connectivity index (χ0v) is 10.4. The van der Waals surface area contributed by atoms with Crippen LogP contribution < -0.4 is 4.90 Å². The second kappa shape index (κ2) is 4.07. The lowest BCUT2D eigenvalue weighted by atomic mass is 10.1. The van der Waals surface area contributed by atoms with E-state index in [9.17, 15) is 0 Å². The number of rotatable bonds is 1. The maximum Gasteiger partial charge on any atom is 0.236 e. The van der Waals surface area contributed by atoms with Crippen LogP contribution in [0.1, 0.15) is 24.8 Å². The second-order valence-corrected chi connectivity index (χ2v) is 5.24. The molecule has 0 radical (unpaired) electrons. The van der Waals surface area contributed by atoms with Crippen molar-refractivity contribution >= 4 is 10.9 Å². The molecule has 1 aromatic heterocycles. The van der Waals surface area contributed by atoms with Crippen molar-refractivity contribution in [1.29, 1.82) is 0 Å².